The maximum atomic E-state index is 13.0. The van der Waals surface area contributed by atoms with Crippen LogP contribution in [0.4, 0.5) is 0 Å². The smallest absolute Gasteiger partial charge is 0.259 e. The zero-order valence-electron chi connectivity index (χ0n) is 15.4. The number of aliphatic hydroxyl groups is 1. The molecule has 3 rings (SSSR count). The highest BCUT2D eigenvalue weighted by molar-refractivity contribution is 5.99. The Morgan fingerprint density at radius 2 is 2.08 bits per heavy atom. The molecule has 2 heterocycles. The largest absolute Gasteiger partial charge is 0.390 e. The van der Waals surface area contributed by atoms with E-state index in [1.165, 1.54) is 11.8 Å². The number of rotatable bonds is 3. The van der Waals surface area contributed by atoms with Crippen molar-refractivity contribution in [3.05, 3.63) is 41.1 Å². The van der Waals surface area contributed by atoms with Crippen molar-refractivity contribution in [2.75, 3.05) is 13.1 Å². The average Bonchev–Trinajstić information content (AvgIpc) is 3.05. The monoisotopic (exact) mass is 342 g/mol. The quantitative estimate of drug-likeness (QED) is 0.926. The molecule has 134 valence electrons. The van der Waals surface area contributed by atoms with E-state index < -0.39 is 5.60 Å². The summed E-state index contributed by atoms with van der Waals surface area (Å²) < 4.78 is 5.40. The number of aromatic nitrogens is 1. The van der Waals surface area contributed by atoms with Crippen LogP contribution in [-0.4, -0.2) is 39.8 Å². The molecule has 1 atom stereocenters. The fourth-order valence-corrected chi connectivity index (χ4v) is 3.39. The molecule has 1 N–H and O–H groups in total. The molecular weight excluding hydrogens is 316 g/mol. The van der Waals surface area contributed by atoms with Gasteiger partial charge in [-0.3, -0.25) is 4.79 Å². The van der Waals surface area contributed by atoms with Crippen molar-refractivity contribution in [3.63, 3.8) is 0 Å². The summed E-state index contributed by atoms with van der Waals surface area (Å²) in [6.07, 6.45) is 3.33. The summed E-state index contributed by atoms with van der Waals surface area (Å²) in [5.41, 5.74) is 2.90. The Balaban J connectivity index is 1.86. The highest BCUT2D eigenvalue weighted by Crippen LogP contribution is 2.30. The number of hydrogen-bond acceptors (Lipinski definition) is 4. The first kappa shape index (κ1) is 17.7. The number of benzene rings is 1. The minimum atomic E-state index is -0.787. The Bertz CT molecular complexity index is 773. The van der Waals surface area contributed by atoms with E-state index in [4.69, 9.17) is 4.52 Å². The molecule has 1 fully saturated rings. The van der Waals surface area contributed by atoms with Gasteiger partial charge < -0.3 is 14.5 Å². The lowest BCUT2D eigenvalue weighted by Gasteiger charge is -2.38. The van der Waals surface area contributed by atoms with Gasteiger partial charge in [0.2, 0.25) is 0 Å². The molecule has 0 saturated carbocycles. The van der Waals surface area contributed by atoms with Crippen LogP contribution in [0.15, 0.2) is 28.9 Å². The van der Waals surface area contributed by atoms with Crippen LogP contribution in [0.2, 0.25) is 0 Å². The predicted molar refractivity (Wildman–Crippen MR) is 96.3 cm³/mol. The zero-order valence-corrected chi connectivity index (χ0v) is 15.4. The van der Waals surface area contributed by atoms with Crippen molar-refractivity contribution in [3.8, 4) is 11.3 Å². The number of piperidine rings is 1. The minimum absolute atomic E-state index is 0.0788. The van der Waals surface area contributed by atoms with Crippen LogP contribution in [0, 0.1) is 19.8 Å². The van der Waals surface area contributed by atoms with Gasteiger partial charge in [0, 0.05) is 24.6 Å². The van der Waals surface area contributed by atoms with E-state index in [2.05, 4.69) is 12.1 Å². The SMILES string of the molecule is Cc1ccc(-c2oncc2C(=O)N2CCC[C@@H](C(C)(C)O)C2)cc1C. The third-order valence-corrected chi connectivity index (χ3v) is 5.28. The fourth-order valence-electron chi connectivity index (χ4n) is 3.39. The molecule has 0 spiro atoms. The van der Waals surface area contributed by atoms with E-state index in [9.17, 15) is 9.90 Å². The van der Waals surface area contributed by atoms with Gasteiger partial charge in [0.25, 0.3) is 5.91 Å². The molecule has 1 aromatic heterocycles. The molecule has 5 nitrogen and oxygen atoms in total. The lowest BCUT2D eigenvalue weighted by atomic mass is 9.84. The maximum absolute atomic E-state index is 13.0. The van der Waals surface area contributed by atoms with Gasteiger partial charge in [-0.25, -0.2) is 0 Å². The Morgan fingerprint density at radius 1 is 1.32 bits per heavy atom. The molecule has 1 amide bonds. The van der Waals surface area contributed by atoms with E-state index in [1.807, 2.05) is 43.9 Å². The van der Waals surface area contributed by atoms with Crippen molar-refractivity contribution in [2.24, 2.45) is 5.92 Å². The van der Waals surface area contributed by atoms with Crippen molar-refractivity contribution in [2.45, 2.75) is 46.1 Å². The fraction of sp³-hybridized carbons (Fsp3) is 0.500. The summed E-state index contributed by atoms with van der Waals surface area (Å²) in [6, 6.07) is 5.99. The van der Waals surface area contributed by atoms with Gasteiger partial charge in [-0.15, -0.1) is 0 Å². The molecule has 0 aliphatic carbocycles. The van der Waals surface area contributed by atoms with Crippen molar-refractivity contribution >= 4 is 5.91 Å². The highest BCUT2D eigenvalue weighted by Gasteiger charge is 2.34. The normalized spacial score (nSPS) is 18.4. The molecule has 5 heteroatoms. The average molecular weight is 342 g/mol. The van der Waals surface area contributed by atoms with Crippen LogP contribution in [0.1, 0.15) is 48.2 Å². The number of carbonyl (C=O) groups excluding carboxylic acids is 1. The minimum Gasteiger partial charge on any atom is -0.390 e. The molecule has 1 aromatic carbocycles. The van der Waals surface area contributed by atoms with Crippen LogP contribution in [0.5, 0.6) is 0 Å². The van der Waals surface area contributed by atoms with Gasteiger partial charge >= 0.3 is 0 Å². The number of nitrogens with zero attached hydrogens (tertiary/aromatic N) is 2. The first-order chi connectivity index (χ1) is 11.8. The van der Waals surface area contributed by atoms with Crippen molar-refractivity contribution < 1.29 is 14.4 Å². The number of likely N-dealkylation sites (tertiary alicyclic amines) is 1. The summed E-state index contributed by atoms with van der Waals surface area (Å²) in [5.74, 6) is 0.511. The van der Waals surface area contributed by atoms with Gasteiger partial charge in [0.1, 0.15) is 5.56 Å². The molecule has 0 unspecified atom stereocenters. The van der Waals surface area contributed by atoms with Gasteiger partial charge in [-0.05, 0) is 57.7 Å². The summed E-state index contributed by atoms with van der Waals surface area (Å²) >= 11 is 0. The lowest BCUT2D eigenvalue weighted by Crippen LogP contribution is -2.46. The molecule has 0 bridgehead atoms. The number of amides is 1. The Morgan fingerprint density at radius 3 is 2.76 bits per heavy atom. The summed E-state index contributed by atoms with van der Waals surface area (Å²) in [5, 5.41) is 14.2. The maximum Gasteiger partial charge on any atom is 0.259 e. The molecule has 25 heavy (non-hydrogen) atoms. The van der Waals surface area contributed by atoms with E-state index >= 15 is 0 Å². The van der Waals surface area contributed by atoms with Crippen LogP contribution in [0.25, 0.3) is 11.3 Å². The number of carbonyl (C=O) groups is 1. The summed E-state index contributed by atoms with van der Waals surface area (Å²) in [6.45, 7) is 8.96. The van der Waals surface area contributed by atoms with Gasteiger partial charge in [0.15, 0.2) is 5.76 Å². The second-order valence-electron chi connectivity index (χ2n) is 7.61. The number of hydrogen-bond donors (Lipinski definition) is 1. The Labute approximate surface area is 148 Å². The Hall–Kier alpha value is -2.14. The number of aryl methyl sites for hydroxylation is 2. The van der Waals surface area contributed by atoms with Gasteiger partial charge in [-0.2, -0.15) is 0 Å². The molecule has 1 aliphatic rings. The highest BCUT2D eigenvalue weighted by atomic mass is 16.5. The first-order valence-corrected chi connectivity index (χ1v) is 8.81. The second-order valence-corrected chi connectivity index (χ2v) is 7.61. The van der Waals surface area contributed by atoms with Crippen LogP contribution in [-0.2, 0) is 0 Å². The van der Waals surface area contributed by atoms with Crippen molar-refractivity contribution in [1.82, 2.24) is 10.1 Å². The van der Waals surface area contributed by atoms with Crippen LogP contribution < -0.4 is 0 Å². The first-order valence-electron chi connectivity index (χ1n) is 8.81. The molecule has 2 aromatic rings. The van der Waals surface area contributed by atoms with Crippen molar-refractivity contribution in [1.29, 1.82) is 0 Å². The van der Waals surface area contributed by atoms with E-state index in [1.54, 1.807) is 0 Å². The van der Waals surface area contributed by atoms with E-state index in [0.29, 0.717) is 24.4 Å². The van der Waals surface area contributed by atoms with E-state index in [-0.39, 0.29) is 11.8 Å². The third kappa shape index (κ3) is 3.61. The lowest BCUT2D eigenvalue weighted by molar-refractivity contribution is -0.0146. The molecule has 1 aliphatic heterocycles. The topological polar surface area (TPSA) is 66.6 Å². The van der Waals surface area contributed by atoms with Gasteiger partial charge in [0.05, 0.1) is 11.8 Å². The Kier molecular flexibility index (Phi) is 4.69. The molecule has 1 saturated heterocycles. The van der Waals surface area contributed by atoms with Gasteiger partial charge in [-0.1, -0.05) is 17.3 Å². The standard InChI is InChI=1S/C20H26N2O3/c1-13-7-8-15(10-14(13)2)18-17(11-21-25-18)19(23)22-9-5-6-16(12-22)20(3,4)24/h7-8,10-11,16,24H,5-6,9,12H2,1-4H3/t16-/m1/s1. The van der Waals surface area contributed by atoms with Crippen LogP contribution in [0.3, 0.4) is 0 Å². The predicted octanol–water partition coefficient (Wildman–Crippen LogP) is 3.58. The summed E-state index contributed by atoms with van der Waals surface area (Å²) in [4.78, 5) is 14.8. The third-order valence-electron chi connectivity index (χ3n) is 5.28. The van der Waals surface area contributed by atoms with E-state index in [0.717, 1.165) is 24.0 Å². The second kappa shape index (κ2) is 6.64. The van der Waals surface area contributed by atoms with Crippen LogP contribution >= 0.6 is 0 Å². The molecule has 0 radical (unpaired) electrons. The molecular formula is C20H26N2O3. The zero-order chi connectivity index (χ0) is 18.2. The summed E-state index contributed by atoms with van der Waals surface area (Å²) in [7, 11) is 0.